The summed E-state index contributed by atoms with van der Waals surface area (Å²) in [7, 11) is 0. The molecule has 1 N–H and O–H groups in total. The number of hydrogen-bond acceptors (Lipinski definition) is 4. The summed E-state index contributed by atoms with van der Waals surface area (Å²) in [4.78, 5) is 0. The molecule has 1 aromatic carbocycles. The van der Waals surface area contributed by atoms with Gasteiger partial charge >= 0.3 is 0 Å². The molecule has 0 aliphatic rings. The number of rotatable bonds is 2. The molecule has 2 rings (SSSR count). The third kappa shape index (κ3) is 2.59. The average Bonchev–Trinajstić information content (AvgIpc) is 2.37. The van der Waals surface area contributed by atoms with Crippen LogP contribution in [0.1, 0.15) is 16.8 Å². The second kappa shape index (κ2) is 5.31. The molecule has 2 aromatic rings. The second-order valence-corrected chi connectivity index (χ2v) is 5.12. The van der Waals surface area contributed by atoms with Crippen LogP contribution in [0.25, 0.3) is 0 Å². The summed E-state index contributed by atoms with van der Waals surface area (Å²) in [6.45, 7) is 3.72. The van der Waals surface area contributed by atoms with Crippen molar-refractivity contribution in [2.24, 2.45) is 0 Å². The van der Waals surface area contributed by atoms with Gasteiger partial charge in [0, 0.05) is 9.26 Å². The van der Waals surface area contributed by atoms with Crippen LogP contribution in [0.4, 0.5) is 11.5 Å². The van der Waals surface area contributed by atoms with E-state index in [0.29, 0.717) is 11.4 Å². The van der Waals surface area contributed by atoms with Crippen LogP contribution < -0.4 is 5.32 Å². The predicted molar refractivity (Wildman–Crippen MR) is 78.7 cm³/mol. The smallest absolute Gasteiger partial charge is 0.171 e. The molecule has 0 aliphatic carbocycles. The highest BCUT2D eigenvalue weighted by Gasteiger charge is 2.10. The van der Waals surface area contributed by atoms with E-state index >= 15 is 0 Å². The third-order valence-corrected chi connectivity index (χ3v) is 3.39. The molecule has 0 fully saturated rings. The maximum Gasteiger partial charge on any atom is 0.171 e. The van der Waals surface area contributed by atoms with Crippen molar-refractivity contribution in [1.82, 2.24) is 10.2 Å². The predicted octanol–water partition coefficient (Wildman–Crippen LogP) is 3.31. The number of aryl methyl sites for hydroxylation is 1. The lowest BCUT2D eigenvalue weighted by Crippen LogP contribution is -2.03. The first kappa shape index (κ1) is 12.8. The Kier molecular flexibility index (Phi) is 3.77. The Morgan fingerprint density at radius 3 is 2.44 bits per heavy atom. The molecule has 4 nitrogen and oxygen atoms in total. The summed E-state index contributed by atoms with van der Waals surface area (Å²) in [5.74, 6) is 0.502. The van der Waals surface area contributed by atoms with E-state index in [2.05, 4.69) is 44.2 Å². The highest BCUT2D eigenvalue weighted by molar-refractivity contribution is 14.1. The van der Waals surface area contributed by atoms with Gasteiger partial charge in [-0.05, 0) is 66.3 Å². The third-order valence-electron chi connectivity index (χ3n) is 2.67. The average molecular weight is 350 g/mol. The van der Waals surface area contributed by atoms with E-state index in [1.54, 1.807) is 0 Å². The minimum atomic E-state index is 0.502. The van der Waals surface area contributed by atoms with Crippen molar-refractivity contribution in [3.8, 4) is 6.07 Å². The van der Waals surface area contributed by atoms with Crippen molar-refractivity contribution in [2.45, 2.75) is 13.8 Å². The van der Waals surface area contributed by atoms with E-state index in [9.17, 15) is 5.26 Å². The Labute approximate surface area is 119 Å². The van der Waals surface area contributed by atoms with Gasteiger partial charge in [0.15, 0.2) is 5.82 Å². The lowest BCUT2D eigenvalue weighted by molar-refractivity contribution is 0.960. The van der Waals surface area contributed by atoms with Gasteiger partial charge in [0.25, 0.3) is 0 Å². The zero-order chi connectivity index (χ0) is 13.1. The van der Waals surface area contributed by atoms with E-state index in [0.717, 1.165) is 20.5 Å². The van der Waals surface area contributed by atoms with Crippen molar-refractivity contribution in [3.05, 3.63) is 44.7 Å². The molecule has 1 aromatic heterocycles. The summed E-state index contributed by atoms with van der Waals surface area (Å²) < 4.78 is 1.16. The van der Waals surface area contributed by atoms with Gasteiger partial charge in [-0.3, -0.25) is 0 Å². The number of hydrogen-bond donors (Lipinski definition) is 1. The second-order valence-electron chi connectivity index (χ2n) is 3.88. The van der Waals surface area contributed by atoms with Crippen LogP contribution in [0.15, 0.2) is 24.3 Å². The zero-order valence-electron chi connectivity index (χ0n) is 10.0. The van der Waals surface area contributed by atoms with Gasteiger partial charge in [0.05, 0.1) is 5.69 Å². The van der Waals surface area contributed by atoms with Crippen LogP contribution in [0.3, 0.4) is 0 Å². The highest BCUT2D eigenvalue weighted by atomic mass is 127. The molecular weight excluding hydrogens is 339 g/mol. The number of nitrogens with one attached hydrogen (secondary N) is 1. The van der Waals surface area contributed by atoms with E-state index in [4.69, 9.17) is 0 Å². The zero-order valence-corrected chi connectivity index (χ0v) is 12.2. The van der Waals surface area contributed by atoms with Crippen LogP contribution in [0, 0.1) is 28.7 Å². The topological polar surface area (TPSA) is 61.6 Å². The molecule has 0 radical (unpaired) electrons. The number of nitriles is 1. The molecule has 0 saturated carbocycles. The standard InChI is InChI=1S/C13H11IN4/c1-8-9(2)17-18-13(12(8)7-15)16-11-5-3-10(14)4-6-11/h3-6H,1-2H3,(H,16,18). The Morgan fingerprint density at radius 1 is 1.17 bits per heavy atom. The summed E-state index contributed by atoms with van der Waals surface area (Å²) in [5, 5.41) is 20.4. The molecule has 0 spiro atoms. The van der Waals surface area contributed by atoms with Gasteiger partial charge in [-0.2, -0.15) is 10.4 Å². The van der Waals surface area contributed by atoms with Crippen LogP contribution in [-0.2, 0) is 0 Å². The fourth-order valence-corrected chi connectivity index (χ4v) is 1.86. The molecule has 0 aliphatic heterocycles. The molecule has 0 amide bonds. The Balaban J connectivity index is 2.38. The maximum atomic E-state index is 9.19. The minimum Gasteiger partial charge on any atom is -0.338 e. The Bertz CT molecular complexity index is 614. The normalized spacial score (nSPS) is 9.89. The Morgan fingerprint density at radius 2 is 1.83 bits per heavy atom. The van der Waals surface area contributed by atoms with E-state index < -0.39 is 0 Å². The number of benzene rings is 1. The molecule has 0 bridgehead atoms. The molecule has 0 unspecified atom stereocenters. The minimum absolute atomic E-state index is 0.502. The van der Waals surface area contributed by atoms with Crippen LogP contribution in [0.2, 0.25) is 0 Å². The van der Waals surface area contributed by atoms with E-state index in [1.807, 2.05) is 38.1 Å². The van der Waals surface area contributed by atoms with Crippen molar-refractivity contribution in [1.29, 1.82) is 5.26 Å². The van der Waals surface area contributed by atoms with Crippen LogP contribution in [0.5, 0.6) is 0 Å². The highest BCUT2D eigenvalue weighted by Crippen LogP contribution is 2.21. The summed E-state index contributed by atoms with van der Waals surface area (Å²) in [6, 6.07) is 10.0. The first-order valence-electron chi connectivity index (χ1n) is 5.38. The molecule has 90 valence electrons. The van der Waals surface area contributed by atoms with Gasteiger partial charge in [0.2, 0.25) is 0 Å². The van der Waals surface area contributed by atoms with Crippen molar-refractivity contribution >= 4 is 34.1 Å². The summed E-state index contributed by atoms with van der Waals surface area (Å²) >= 11 is 2.24. The molecule has 0 atom stereocenters. The quantitative estimate of drug-likeness (QED) is 0.845. The first-order chi connectivity index (χ1) is 8.61. The largest absolute Gasteiger partial charge is 0.338 e. The van der Waals surface area contributed by atoms with Crippen LogP contribution in [-0.4, -0.2) is 10.2 Å². The number of aromatic nitrogens is 2. The van der Waals surface area contributed by atoms with Crippen LogP contribution >= 0.6 is 22.6 Å². The van der Waals surface area contributed by atoms with Crippen molar-refractivity contribution in [3.63, 3.8) is 0 Å². The van der Waals surface area contributed by atoms with E-state index in [-0.39, 0.29) is 0 Å². The van der Waals surface area contributed by atoms with E-state index in [1.165, 1.54) is 0 Å². The lowest BCUT2D eigenvalue weighted by atomic mass is 10.1. The fraction of sp³-hybridized carbons (Fsp3) is 0.154. The van der Waals surface area contributed by atoms with Crippen molar-refractivity contribution < 1.29 is 0 Å². The maximum absolute atomic E-state index is 9.19. The SMILES string of the molecule is Cc1nnc(Nc2ccc(I)cc2)c(C#N)c1C. The van der Waals surface area contributed by atoms with Gasteiger partial charge in [-0.15, -0.1) is 5.10 Å². The lowest BCUT2D eigenvalue weighted by Gasteiger charge is -2.09. The van der Waals surface area contributed by atoms with Gasteiger partial charge < -0.3 is 5.32 Å². The summed E-state index contributed by atoms with van der Waals surface area (Å²) in [6.07, 6.45) is 0. The first-order valence-corrected chi connectivity index (χ1v) is 6.46. The monoisotopic (exact) mass is 350 g/mol. The van der Waals surface area contributed by atoms with Gasteiger partial charge in [-0.25, -0.2) is 0 Å². The number of halogens is 1. The van der Waals surface area contributed by atoms with Crippen molar-refractivity contribution in [2.75, 3.05) is 5.32 Å². The fourth-order valence-electron chi connectivity index (χ4n) is 1.50. The number of anilines is 2. The molecule has 1 heterocycles. The molecule has 0 saturated heterocycles. The Hall–Kier alpha value is -1.68. The molecule has 5 heteroatoms. The molecule has 18 heavy (non-hydrogen) atoms. The summed E-state index contributed by atoms with van der Waals surface area (Å²) in [5.41, 5.74) is 3.07. The van der Waals surface area contributed by atoms with Gasteiger partial charge in [-0.1, -0.05) is 0 Å². The number of nitrogens with zero attached hydrogens (tertiary/aromatic N) is 3. The molecular formula is C13H11IN4. The van der Waals surface area contributed by atoms with Gasteiger partial charge in [0.1, 0.15) is 11.6 Å².